The Labute approximate surface area is 134 Å². The van der Waals surface area contributed by atoms with Crippen LogP contribution in [-0.4, -0.2) is 44.6 Å². The predicted molar refractivity (Wildman–Crippen MR) is 83.1 cm³/mol. The maximum Gasteiger partial charge on any atom is 0.369 e. The maximum absolute atomic E-state index is 12.4. The number of nitrogens with one attached hydrogen (secondary N) is 1. The highest BCUT2D eigenvalue weighted by molar-refractivity contribution is 7.89. The molecule has 0 atom stereocenters. The third kappa shape index (κ3) is 3.85. The zero-order chi connectivity index (χ0) is 16.9. The largest absolute Gasteiger partial charge is 0.464 e. The molecule has 1 aliphatic rings. The van der Waals surface area contributed by atoms with Crippen molar-refractivity contribution in [2.45, 2.75) is 17.7 Å². The summed E-state index contributed by atoms with van der Waals surface area (Å²) in [4.78, 5) is 11.4. The standard InChI is InChI=1S/C14H16N4O4S/c1-22-14(19)13(10-15)17-16-11-4-6-12(7-5-11)23(20,21)18-8-2-3-9-18/h4-7,16H,2-3,8-9H2,1H3/b17-13+. The van der Waals surface area contributed by atoms with Gasteiger partial charge in [-0.15, -0.1) is 0 Å². The van der Waals surface area contributed by atoms with Crippen LogP contribution in [0, 0.1) is 11.3 Å². The van der Waals surface area contributed by atoms with Crippen LogP contribution in [0.25, 0.3) is 0 Å². The second-order valence-electron chi connectivity index (χ2n) is 4.81. The molecule has 0 amide bonds. The summed E-state index contributed by atoms with van der Waals surface area (Å²) in [6, 6.07) is 7.54. The Morgan fingerprint density at radius 2 is 1.91 bits per heavy atom. The molecule has 1 saturated heterocycles. The van der Waals surface area contributed by atoms with Gasteiger partial charge in [0.1, 0.15) is 6.07 Å². The molecule has 0 spiro atoms. The van der Waals surface area contributed by atoms with Crippen molar-refractivity contribution in [3.05, 3.63) is 24.3 Å². The highest BCUT2D eigenvalue weighted by atomic mass is 32.2. The van der Waals surface area contributed by atoms with Crippen molar-refractivity contribution in [2.24, 2.45) is 5.10 Å². The average molecular weight is 336 g/mol. The Bertz CT molecular complexity index is 744. The van der Waals surface area contributed by atoms with Gasteiger partial charge >= 0.3 is 5.97 Å². The van der Waals surface area contributed by atoms with Gasteiger partial charge in [0.15, 0.2) is 0 Å². The van der Waals surface area contributed by atoms with Gasteiger partial charge < -0.3 is 4.74 Å². The lowest BCUT2D eigenvalue weighted by molar-refractivity contribution is -0.132. The van der Waals surface area contributed by atoms with E-state index in [1.54, 1.807) is 6.07 Å². The minimum atomic E-state index is -3.47. The van der Waals surface area contributed by atoms with Crippen LogP contribution in [0.1, 0.15) is 12.8 Å². The summed E-state index contributed by atoms with van der Waals surface area (Å²) in [5.74, 6) is -0.853. The Morgan fingerprint density at radius 1 is 1.30 bits per heavy atom. The van der Waals surface area contributed by atoms with Crippen molar-refractivity contribution >= 4 is 27.4 Å². The smallest absolute Gasteiger partial charge is 0.369 e. The Kier molecular flexibility index (Phi) is 5.31. The normalized spacial score (nSPS) is 15.9. The predicted octanol–water partition coefficient (Wildman–Crippen LogP) is 0.936. The number of hydrogen-bond acceptors (Lipinski definition) is 7. The number of methoxy groups -OCH3 is 1. The molecule has 1 fully saturated rings. The minimum absolute atomic E-state index is 0.197. The molecule has 1 heterocycles. The number of rotatable bonds is 5. The van der Waals surface area contributed by atoms with Gasteiger partial charge in [-0.1, -0.05) is 0 Å². The summed E-state index contributed by atoms with van der Waals surface area (Å²) in [7, 11) is -2.32. The third-order valence-electron chi connectivity index (χ3n) is 3.34. The van der Waals surface area contributed by atoms with Crippen molar-refractivity contribution in [3.8, 4) is 6.07 Å². The number of sulfonamides is 1. The molecule has 122 valence electrons. The molecule has 0 radical (unpaired) electrons. The molecule has 0 saturated carbocycles. The zero-order valence-corrected chi connectivity index (χ0v) is 13.3. The number of nitrogens with zero attached hydrogens (tertiary/aromatic N) is 3. The van der Waals surface area contributed by atoms with Crippen molar-refractivity contribution in [1.29, 1.82) is 5.26 Å². The Balaban J connectivity index is 2.12. The van der Waals surface area contributed by atoms with Crippen molar-refractivity contribution in [2.75, 3.05) is 25.6 Å². The number of anilines is 1. The Hall–Kier alpha value is -2.44. The van der Waals surface area contributed by atoms with Crippen LogP contribution >= 0.6 is 0 Å². The summed E-state index contributed by atoms with van der Waals surface area (Å²) in [5.41, 5.74) is 2.53. The molecule has 9 heteroatoms. The van der Waals surface area contributed by atoms with Gasteiger partial charge in [0, 0.05) is 13.1 Å². The molecule has 0 unspecified atom stereocenters. The van der Waals surface area contributed by atoms with E-state index in [4.69, 9.17) is 5.26 Å². The summed E-state index contributed by atoms with van der Waals surface area (Å²) in [6.07, 6.45) is 1.75. The van der Waals surface area contributed by atoms with E-state index >= 15 is 0 Å². The van der Waals surface area contributed by atoms with Crippen LogP contribution in [0.5, 0.6) is 0 Å². The van der Waals surface area contributed by atoms with Gasteiger partial charge in [-0.2, -0.15) is 14.7 Å². The topological polar surface area (TPSA) is 112 Å². The molecular formula is C14H16N4O4S. The van der Waals surface area contributed by atoms with Crippen LogP contribution in [0.2, 0.25) is 0 Å². The van der Waals surface area contributed by atoms with Crippen LogP contribution < -0.4 is 5.43 Å². The molecule has 0 aromatic heterocycles. The van der Waals surface area contributed by atoms with E-state index < -0.39 is 21.7 Å². The highest BCUT2D eigenvalue weighted by Crippen LogP contribution is 2.22. The monoisotopic (exact) mass is 336 g/mol. The number of carbonyl (C=O) groups is 1. The molecule has 1 aromatic rings. The fraction of sp³-hybridized carbons (Fsp3) is 0.357. The summed E-state index contributed by atoms with van der Waals surface area (Å²) in [5, 5.41) is 12.4. The zero-order valence-electron chi connectivity index (χ0n) is 12.5. The SMILES string of the molecule is COC(=O)/C(C#N)=N/Nc1ccc(S(=O)(=O)N2CCCC2)cc1. The second-order valence-corrected chi connectivity index (χ2v) is 6.75. The summed E-state index contributed by atoms with van der Waals surface area (Å²) < 4.78 is 30.6. The second kappa shape index (κ2) is 7.21. The fourth-order valence-electron chi connectivity index (χ4n) is 2.11. The first-order valence-electron chi connectivity index (χ1n) is 6.91. The van der Waals surface area contributed by atoms with Crippen LogP contribution in [0.3, 0.4) is 0 Å². The molecule has 23 heavy (non-hydrogen) atoms. The fourth-order valence-corrected chi connectivity index (χ4v) is 3.63. The average Bonchev–Trinajstić information content (AvgIpc) is 3.11. The van der Waals surface area contributed by atoms with E-state index in [1.165, 1.54) is 28.6 Å². The first-order chi connectivity index (χ1) is 11.0. The van der Waals surface area contributed by atoms with E-state index in [0.29, 0.717) is 18.8 Å². The number of hydrazone groups is 1. The molecule has 0 bridgehead atoms. The van der Waals surface area contributed by atoms with E-state index in [0.717, 1.165) is 20.0 Å². The lowest BCUT2D eigenvalue weighted by Gasteiger charge is -2.15. The van der Waals surface area contributed by atoms with E-state index in [-0.39, 0.29) is 4.90 Å². The van der Waals surface area contributed by atoms with Crippen LogP contribution in [0.4, 0.5) is 5.69 Å². The molecule has 0 aliphatic carbocycles. The van der Waals surface area contributed by atoms with E-state index in [2.05, 4.69) is 15.3 Å². The van der Waals surface area contributed by atoms with Gasteiger partial charge in [0.05, 0.1) is 17.7 Å². The van der Waals surface area contributed by atoms with Crippen LogP contribution in [0.15, 0.2) is 34.3 Å². The number of esters is 1. The lowest BCUT2D eigenvalue weighted by atomic mass is 10.3. The molecule has 1 aliphatic heterocycles. The molecule has 8 nitrogen and oxygen atoms in total. The number of hydrogen-bond donors (Lipinski definition) is 1. The van der Waals surface area contributed by atoms with Crippen molar-refractivity contribution in [1.82, 2.24) is 4.31 Å². The van der Waals surface area contributed by atoms with Gasteiger partial charge in [0.25, 0.3) is 0 Å². The minimum Gasteiger partial charge on any atom is -0.464 e. The molecule has 1 N–H and O–H groups in total. The number of benzene rings is 1. The van der Waals surface area contributed by atoms with Crippen LogP contribution in [-0.2, 0) is 19.6 Å². The van der Waals surface area contributed by atoms with Crippen molar-refractivity contribution < 1.29 is 17.9 Å². The van der Waals surface area contributed by atoms with Gasteiger partial charge in [0.2, 0.25) is 15.7 Å². The first kappa shape index (κ1) is 16.9. The summed E-state index contributed by atoms with van der Waals surface area (Å²) >= 11 is 0. The lowest BCUT2D eigenvalue weighted by Crippen LogP contribution is -2.27. The van der Waals surface area contributed by atoms with Gasteiger partial charge in [-0.3, -0.25) is 5.43 Å². The maximum atomic E-state index is 12.4. The summed E-state index contributed by atoms with van der Waals surface area (Å²) in [6.45, 7) is 1.08. The Morgan fingerprint density at radius 3 is 2.43 bits per heavy atom. The molecular weight excluding hydrogens is 320 g/mol. The number of carbonyl (C=O) groups excluding carboxylic acids is 1. The first-order valence-corrected chi connectivity index (χ1v) is 8.35. The molecule has 2 rings (SSSR count). The van der Waals surface area contributed by atoms with E-state index in [1.807, 2.05) is 0 Å². The quantitative estimate of drug-likeness (QED) is 0.486. The highest BCUT2D eigenvalue weighted by Gasteiger charge is 2.26. The number of ether oxygens (including phenoxy) is 1. The number of nitriles is 1. The van der Waals surface area contributed by atoms with Crippen molar-refractivity contribution in [3.63, 3.8) is 0 Å². The van der Waals surface area contributed by atoms with E-state index in [9.17, 15) is 13.2 Å². The van der Waals surface area contributed by atoms with Gasteiger partial charge in [-0.25, -0.2) is 13.2 Å². The molecule has 1 aromatic carbocycles. The third-order valence-corrected chi connectivity index (χ3v) is 5.25. The van der Waals surface area contributed by atoms with Gasteiger partial charge in [-0.05, 0) is 37.1 Å².